The predicted molar refractivity (Wildman–Crippen MR) is 116 cm³/mol. The number of hydrogen-bond acceptors (Lipinski definition) is 6. The van der Waals surface area contributed by atoms with E-state index in [0.29, 0.717) is 36.2 Å². The molecule has 3 aromatic rings. The Morgan fingerprint density at radius 1 is 1.06 bits per heavy atom. The van der Waals surface area contributed by atoms with Crippen LogP contribution in [0.5, 0.6) is 0 Å². The number of carboxylic acids is 1. The SMILES string of the molecule is O=C([O-])c1ccc(S(=O)(=O)c2ccc(CCNC[C@H](O)c3cccc(Cl)c3)cc2)cc1F.[Na+]. The van der Waals surface area contributed by atoms with Gasteiger partial charge in [0.2, 0.25) is 9.84 Å². The van der Waals surface area contributed by atoms with Gasteiger partial charge in [-0.25, -0.2) is 12.8 Å². The van der Waals surface area contributed by atoms with Crippen molar-refractivity contribution in [2.75, 3.05) is 13.1 Å². The molecule has 0 spiro atoms. The third-order valence-corrected chi connectivity index (χ3v) is 6.87. The van der Waals surface area contributed by atoms with Crippen molar-refractivity contribution in [3.63, 3.8) is 0 Å². The molecule has 0 fully saturated rings. The molecule has 0 aliphatic rings. The molecule has 0 amide bonds. The standard InChI is InChI=1S/C23H21ClFNO5S.Na/c24-17-3-1-2-16(12-17)22(27)14-26-11-10-15-4-6-18(7-5-15)32(30,31)19-8-9-20(23(28)29)21(25)13-19;/h1-9,12-13,22,26-27H,10-11,14H2,(H,28,29);/q;+1/p-1/t22-;/m0./s1. The van der Waals surface area contributed by atoms with Gasteiger partial charge in [0.25, 0.3) is 0 Å². The third kappa shape index (κ3) is 7.10. The van der Waals surface area contributed by atoms with Crippen LogP contribution in [0.2, 0.25) is 5.02 Å². The van der Waals surface area contributed by atoms with E-state index in [1.54, 1.807) is 36.4 Å². The quantitative estimate of drug-likeness (QED) is 0.305. The Morgan fingerprint density at radius 3 is 2.33 bits per heavy atom. The van der Waals surface area contributed by atoms with Crippen LogP contribution in [0.3, 0.4) is 0 Å². The zero-order valence-electron chi connectivity index (χ0n) is 17.8. The fourth-order valence-corrected chi connectivity index (χ4v) is 4.57. The number of carbonyl (C=O) groups is 1. The largest absolute Gasteiger partial charge is 1.00 e. The summed E-state index contributed by atoms with van der Waals surface area (Å²) in [7, 11) is -4.00. The summed E-state index contributed by atoms with van der Waals surface area (Å²) >= 11 is 5.92. The van der Waals surface area contributed by atoms with Gasteiger partial charge < -0.3 is 20.3 Å². The van der Waals surface area contributed by atoms with Crippen LogP contribution in [-0.4, -0.2) is 32.6 Å². The maximum atomic E-state index is 13.9. The minimum atomic E-state index is -4.00. The van der Waals surface area contributed by atoms with Gasteiger partial charge in [-0.05, 0) is 66.6 Å². The van der Waals surface area contributed by atoms with E-state index in [0.717, 1.165) is 17.7 Å². The van der Waals surface area contributed by atoms with E-state index in [1.165, 1.54) is 12.1 Å². The fraction of sp³-hybridized carbons (Fsp3) is 0.174. The molecule has 3 aromatic carbocycles. The summed E-state index contributed by atoms with van der Waals surface area (Å²) in [5.41, 5.74) is 0.878. The molecule has 6 nitrogen and oxygen atoms in total. The molecule has 0 heterocycles. The summed E-state index contributed by atoms with van der Waals surface area (Å²) in [6, 6.07) is 15.7. The number of carbonyl (C=O) groups excluding carboxylic acids is 1. The molecule has 33 heavy (non-hydrogen) atoms. The Morgan fingerprint density at radius 2 is 1.73 bits per heavy atom. The molecule has 0 bridgehead atoms. The summed E-state index contributed by atoms with van der Waals surface area (Å²) in [6.07, 6.45) is -0.109. The first-order chi connectivity index (χ1) is 15.2. The molecule has 2 N–H and O–H groups in total. The van der Waals surface area contributed by atoms with Gasteiger partial charge in [-0.1, -0.05) is 35.9 Å². The molecule has 0 saturated heterocycles. The molecule has 1 atom stereocenters. The van der Waals surface area contributed by atoms with Crippen LogP contribution in [0.4, 0.5) is 4.39 Å². The smallest absolute Gasteiger partial charge is 0.545 e. The van der Waals surface area contributed by atoms with E-state index >= 15 is 0 Å². The number of hydrogen-bond donors (Lipinski definition) is 2. The van der Waals surface area contributed by atoms with Gasteiger partial charge in [0, 0.05) is 17.1 Å². The number of nitrogens with one attached hydrogen (secondary N) is 1. The molecule has 0 radical (unpaired) electrons. The van der Waals surface area contributed by atoms with Crippen molar-refractivity contribution in [1.82, 2.24) is 5.32 Å². The number of aliphatic hydroxyl groups is 1. The second-order valence-electron chi connectivity index (χ2n) is 7.10. The van der Waals surface area contributed by atoms with Crippen molar-refractivity contribution >= 4 is 27.4 Å². The van der Waals surface area contributed by atoms with Gasteiger partial charge >= 0.3 is 29.6 Å². The van der Waals surface area contributed by atoms with Crippen LogP contribution in [0, 0.1) is 5.82 Å². The van der Waals surface area contributed by atoms with E-state index in [9.17, 15) is 27.8 Å². The molecular formula is C23H20ClFNNaO5S. The first-order valence-electron chi connectivity index (χ1n) is 9.67. The van der Waals surface area contributed by atoms with Gasteiger partial charge in [-0.15, -0.1) is 0 Å². The van der Waals surface area contributed by atoms with E-state index < -0.39 is 33.3 Å². The first-order valence-corrected chi connectivity index (χ1v) is 11.5. The fourth-order valence-electron chi connectivity index (χ4n) is 3.10. The zero-order valence-corrected chi connectivity index (χ0v) is 21.4. The average Bonchev–Trinajstić information content (AvgIpc) is 2.76. The number of aliphatic hydroxyl groups excluding tert-OH is 1. The van der Waals surface area contributed by atoms with Gasteiger partial charge in [-0.2, -0.15) is 0 Å². The van der Waals surface area contributed by atoms with Crippen molar-refractivity contribution in [3.8, 4) is 0 Å². The molecule has 0 saturated carbocycles. The van der Waals surface area contributed by atoms with Crippen LogP contribution in [0.15, 0.2) is 76.5 Å². The zero-order chi connectivity index (χ0) is 23.3. The number of carboxylic acid groups (broad SMARTS) is 1. The van der Waals surface area contributed by atoms with Crippen LogP contribution in [-0.2, 0) is 16.3 Å². The van der Waals surface area contributed by atoms with E-state index in [-0.39, 0.29) is 39.3 Å². The Bertz CT molecular complexity index is 1220. The minimum absolute atomic E-state index is 0. The van der Waals surface area contributed by atoms with Crippen molar-refractivity contribution in [1.29, 1.82) is 0 Å². The van der Waals surface area contributed by atoms with Crippen molar-refractivity contribution < 1.29 is 57.4 Å². The van der Waals surface area contributed by atoms with Gasteiger partial charge in [0.05, 0.1) is 21.9 Å². The molecule has 3 rings (SSSR count). The molecule has 0 aliphatic heterocycles. The van der Waals surface area contributed by atoms with Gasteiger partial charge in [0.15, 0.2) is 0 Å². The number of sulfone groups is 1. The average molecular weight is 500 g/mol. The maximum absolute atomic E-state index is 13.9. The van der Waals surface area contributed by atoms with Crippen molar-refractivity contribution in [2.45, 2.75) is 22.3 Å². The van der Waals surface area contributed by atoms with Crippen molar-refractivity contribution in [3.05, 3.63) is 94.3 Å². The van der Waals surface area contributed by atoms with Crippen molar-refractivity contribution in [2.24, 2.45) is 0 Å². The Kier molecular flexibility index (Phi) is 10.1. The minimum Gasteiger partial charge on any atom is -0.545 e. The second-order valence-corrected chi connectivity index (χ2v) is 9.49. The van der Waals surface area contributed by atoms with Gasteiger partial charge in [0.1, 0.15) is 5.82 Å². The van der Waals surface area contributed by atoms with E-state index in [2.05, 4.69) is 5.32 Å². The van der Waals surface area contributed by atoms with Crippen LogP contribution in [0.1, 0.15) is 27.6 Å². The summed E-state index contributed by atoms with van der Waals surface area (Å²) < 4.78 is 39.2. The first kappa shape index (κ1) is 27.5. The molecule has 168 valence electrons. The van der Waals surface area contributed by atoms with Gasteiger partial charge in [-0.3, -0.25) is 0 Å². The second kappa shape index (κ2) is 12.1. The maximum Gasteiger partial charge on any atom is 1.00 e. The number of aromatic carboxylic acids is 1. The Labute approximate surface area is 218 Å². The third-order valence-electron chi connectivity index (χ3n) is 4.87. The number of benzene rings is 3. The Hall–Kier alpha value is -1.78. The normalized spacial score (nSPS) is 12.1. The van der Waals surface area contributed by atoms with Crippen LogP contribution in [0.25, 0.3) is 0 Å². The summed E-state index contributed by atoms with van der Waals surface area (Å²) in [4.78, 5) is 10.4. The molecular weight excluding hydrogens is 480 g/mol. The summed E-state index contributed by atoms with van der Waals surface area (Å²) in [5, 5.41) is 24.7. The summed E-state index contributed by atoms with van der Waals surface area (Å²) in [5.74, 6) is -2.89. The predicted octanol–water partition coefficient (Wildman–Crippen LogP) is -0.455. The topological polar surface area (TPSA) is 107 Å². The van der Waals surface area contributed by atoms with E-state index in [1.807, 2.05) is 0 Å². The Balaban J connectivity index is 0.00000385. The monoisotopic (exact) mass is 499 g/mol. The summed E-state index contributed by atoms with van der Waals surface area (Å²) in [6.45, 7) is 0.889. The molecule has 0 unspecified atom stereocenters. The number of rotatable bonds is 9. The number of halogens is 2. The molecule has 10 heteroatoms. The molecule has 0 aliphatic carbocycles. The van der Waals surface area contributed by atoms with E-state index in [4.69, 9.17) is 11.6 Å². The molecule has 0 aromatic heterocycles. The van der Waals surface area contributed by atoms with Crippen LogP contribution < -0.4 is 40.0 Å². The van der Waals surface area contributed by atoms with Crippen LogP contribution >= 0.6 is 11.6 Å².